The zero-order valence-electron chi connectivity index (χ0n) is 17.5. The average Bonchev–Trinajstić information content (AvgIpc) is 3.04. The van der Waals surface area contributed by atoms with Crippen molar-refractivity contribution < 1.29 is 0 Å². The lowest BCUT2D eigenvalue weighted by atomic mass is 9.87. The van der Waals surface area contributed by atoms with Crippen LogP contribution in [0.15, 0.2) is 6.33 Å². The molecule has 28 heavy (non-hydrogen) atoms. The Bertz CT molecular complexity index is 976. The van der Waals surface area contributed by atoms with Crippen LogP contribution >= 0.6 is 11.3 Å². The van der Waals surface area contributed by atoms with E-state index in [0.717, 1.165) is 53.2 Å². The number of anilines is 1. The van der Waals surface area contributed by atoms with E-state index in [1.165, 1.54) is 41.5 Å². The molecule has 0 aromatic carbocycles. The van der Waals surface area contributed by atoms with Gasteiger partial charge in [-0.05, 0) is 76.2 Å². The molecule has 0 saturated heterocycles. The molecule has 0 bridgehead atoms. The first-order valence-electron chi connectivity index (χ1n) is 10.5. The number of thiophene rings is 1. The molecule has 1 aliphatic carbocycles. The summed E-state index contributed by atoms with van der Waals surface area (Å²) in [4.78, 5) is 17.7. The minimum atomic E-state index is 0.624. The lowest BCUT2D eigenvalue weighted by Crippen LogP contribution is -2.16. The summed E-state index contributed by atoms with van der Waals surface area (Å²) < 4.78 is 1.16. The summed E-state index contributed by atoms with van der Waals surface area (Å²) in [6, 6.07) is 0. The van der Waals surface area contributed by atoms with Crippen LogP contribution in [0.25, 0.3) is 20.4 Å². The Balaban J connectivity index is 1.78. The van der Waals surface area contributed by atoms with Crippen LogP contribution in [0.3, 0.4) is 0 Å². The summed E-state index contributed by atoms with van der Waals surface area (Å²) >= 11 is 1.76. The summed E-state index contributed by atoms with van der Waals surface area (Å²) in [5.74, 6) is 1.58. The van der Waals surface area contributed by atoms with Crippen molar-refractivity contribution in [1.29, 1.82) is 0 Å². The third-order valence-corrected chi connectivity index (χ3v) is 6.56. The Morgan fingerprint density at radius 1 is 1.14 bits per heavy atom. The molecule has 5 nitrogen and oxygen atoms in total. The van der Waals surface area contributed by atoms with Gasteiger partial charge in [0.05, 0.1) is 10.2 Å². The van der Waals surface area contributed by atoms with Gasteiger partial charge >= 0.3 is 0 Å². The Labute approximate surface area is 171 Å². The first-order valence-corrected chi connectivity index (χ1v) is 11.3. The van der Waals surface area contributed by atoms with Crippen molar-refractivity contribution in [2.45, 2.75) is 52.4 Å². The van der Waals surface area contributed by atoms with Crippen LogP contribution in [0.2, 0.25) is 0 Å². The fourth-order valence-electron chi connectivity index (χ4n) is 4.22. The van der Waals surface area contributed by atoms with Gasteiger partial charge in [-0.2, -0.15) is 0 Å². The topological polar surface area (TPSA) is 53.9 Å². The molecule has 0 radical (unpaired) electrons. The van der Waals surface area contributed by atoms with E-state index in [1.54, 1.807) is 17.7 Å². The normalized spacial score (nSPS) is 14.4. The van der Waals surface area contributed by atoms with Crippen molar-refractivity contribution in [3.05, 3.63) is 23.1 Å². The van der Waals surface area contributed by atoms with Gasteiger partial charge in [0.15, 0.2) is 0 Å². The molecule has 3 aromatic heterocycles. The van der Waals surface area contributed by atoms with Crippen LogP contribution in [0.5, 0.6) is 0 Å². The van der Waals surface area contributed by atoms with E-state index in [2.05, 4.69) is 43.1 Å². The molecule has 0 atom stereocenters. The van der Waals surface area contributed by atoms with Crippen molar-refractivity contribution in [2.75, 3.05) is 32.5 Å². The predicted octanol–water partition coefficient (Wildman–Crippen LogP) is 4.68. The molecule has 0 aliphatic heterocycles. The lowest BCUT2D eigenvalue weighted by molar-refractivity contribution is 0.405. The highest BCUT2D eigenvalue weighted by atomic mass is 32.1. The van der Waals surface area contributed by atoms with Crippen molar-refractivity contribution in [1.82, 2.24) is 19.9 Å². The van der Waals surface area contributed by atoms with Crippen LogP contribution < -0.4 is 5.32 Å². The molecule has 0 fully saturated rings. The summed E-state index contributed by atoms with van der Waals surface area (Å²) in [5.41, 5.74) is 5.42. The van der Waals surface area contributed by atoms with Crippen LogP contribution in [-0.2, 0) is 19.3 Å². The highest BCUT2D eigenvalue weighted by Crippen LogP contribution is 2.41. The van der Waals surface area contributed by atoms with E-state index < -0.39 is 0 Å². The fourth-order valence-corrected chi connectivity index (χ4v) is 5.37. The van der Waals surface area contributed by atoms with E-state index in [1.807, 2.05) is 0 Å². The molecule has 6 heteroatoms. The maximum atomic E-state index is 5.14. The monoisotopic (exact) mass is 397 g/mol. The van der Waals surface area contributed by atoms with Gasteiger partial charge in [-0.1, -0.05) is 13.8 Å². The standard InChI is InChI=1S/C22H31N5S/c1-14(2)12-17-15-8-5-6-9-16(15)18-19-20(28-22(18)26-17)21(25-13-24-19)23-10-7-11-27(3)4/h13-14H,5-12H2,1-4H3,(H,23,24,25). The number of nitrogens with zero attached hydrogens (tertiary/aromatic N) is 4. The highest BCUT2D eigenvalue weighted by Gasteiger charge is 2.23. The number of nitrogens with one attached hydrogen (secondary N) is 1. The SMILES string of the molecule is CC(C)Cc1nc2sc3c(NCCCN(C)C)ncnc3c2c2c1CCCC2. The van der Waals surface area contributed by atoms with E-state index in [9.17, 15) is 0 Å². The number of aromatic nitrogens is 3. The van der Waals surface area contributed by atoms with Crippen LogP contribution in [0, 0.1) is 5.92 Å². The first-order chi connectivity index (χ1) is 13.5. The lowest BCUT2D eigenvalue weighted by Gasteiger charge is -2.20. The van der Waals surface area contributed by atoms with Crippen molar-refractivity contribution >= 4 is 37.6 Å². The van der Waals surface area contributed by atoms with Gasteiger partial charge in [0.25, 0.3) is 0 Å². The number of rotatable bonds is 7. The largest absolute Gasteiger partial charge is 0.369 e. The molecular formula is C22H31N5S. The minimum Gasteiger partial charge on any atom is -0.369 e. The van der Waals surface area contributed by atoms with Gasteiger partial charge in [0.2, 0.25) is 0 Å². The maximum Gasteiger partial charge on any atom is 0.147 e. The fraction of sp³-hybridized carbons (Fsp3) is 0.591. The Morgan fingerprint density at radius 2 is 1.93 bits per heavy atom. The number of hydrogen-bond acceptors (Lipinski definition) is 6. The molecule has 1 N–H and O–H groups in total. The molecule has 1 aliphatic rings. The van der Waals surface area contributed by atoms with Gasteiger partial charge in [-0.15, -0.1) is 11.3 Å². The number of aryl methyl sites for hydroxylation is 1. The average molecular weight is 398 g/mol. The van der Waals surface area contributed by atoms with Crippen LogP contribution in [-0.4, -0.2) is 47.0 Å². The zero-order valence-corrected chi connectivity index (χ0v) is 18.3. The zero-order chi connectivity index (χ0) is 19.7. The molecule has 150 valence electrons. The minimum absolute atomic E-state index is 0.624. The molecule has 3 aromatic rings. The molecule has 0 saturated carbocycles. The van der Waals surface area contributed by atoms with E-state index in [0.29, 0.717) is 5.92 Å². The summed E-state index contributed by atoms with van der Waals surface area (Å²) in [5, 5.41) is 4.83. The second-order valence-corrected chi connectivity index (χ2v) is 9.59. The molecule has 4 rings (SSSR count). The molecule has 0 spiro atoms. The molecule has 0 unspecified atom stereocenters. The van der Waals surface area contributed by atoms with Gasteiger partial charge < -0.3 is 10.2 Å². The van der Waals surface area contributed by atoms with E-state index in [-0.39, 0.29) is 0 Å². The second kappa shape index (κ2) is 8.29. The van der Waals surface area contributed by atoms with Gasteiger partial charge in [0, 0.05) is 17.6 Å². The van der Waals surface area contributed by atoms with Crippen LogP contribution in [0.1, 0.15) is 49.9 Å². The highest BCUT2D eigenvalue weighted by molar-refractivity contribution is 7.26. The Morgan fingerprint density at radius 3 is 2.68 bits per heavy atom. The van der Waals surface area contributed by atoms with Crippen molar-refractivity contribution in [3.63, 3.8) is 0 Å². The molecular weight excluding hydrogens is 366 g/mol. The maximum absolute atomic E-state index is 5.14. The third kappa shape index (κ3) is 3.85. The summed E-state index contributed by atoms with van der Waals surface area (Å²) in [7, 11) is 4.22. The molecule has 0 amide bonds. The van der Waals surface area contributed by atoms with E-state index in [4.69, 9.17) is 9.97 Å². The smallest absolute Gasteiger partial charge is 0.147 e. The van der Waals surface area contributed by atoms with Crippen molar-refractivity contribution in [3.8, 4) is 0 Å². The number of pyridine rings is 1. The number of hydrogen-bond donors (Lipinski definition) is 1. The predicted molar refractivity (Wildman–Crippen MR) is 120 cm³/mol. The van der Waals surface area contributed by atoms with Crippen LogP contribution in [0.4, 0.5) is 5.82 Å². The Hall–Kier alpha value is -1.79. The first kappa shape index (κ1) is 19.5. The third-order valence-electron chi connectivity index (χ3n) is 5.48. The van der Waals surface area contributed by atoms with Crippen molar-refractivity contribution in [2.24, 2.45) is 5.92 Å². The number of fused-ring (bicyclic) bond motifs is 5. The Kier molecular flexibility index (Phi) is 5.78. The van der Waals surface area contributed by atoms with E-state index >= 15 is 0 Å². The van der Waals surface area contributed by atoms with Gasteiger partial charge in [-0.3, -0.25) is 0 Å². The van der Waals surface area contributed by atoms with Gasteiger partial charge in [-0.25, -0.2) is 15.0 Å². The second-order valence-electron chi connectivity index (χ2n) is 8.59. The molecule has 3 heterocycles. The summed E-state index contributed by atoms with van der Waals surface area (Å²) in [6.07, 6.45) is 8.73. The quantitative estimate of drug-likeness (QED) is 0.587. The van der Waals surface area contributed by atoms with Gasteiger partial charge in [0.1, 0.15) is 17.0 Å². The summed E-state index contributed by atoms with van der Waals surface area (Å²) in [6.45, 7) is 6.56.